The average Bonchev–Trinajstić information content (AvgIpc) is 3.32. The van der Waals surface area contributed by atoms with E-state index in [1.54, 1.807) is 5.57 Å². The van der Waals surface area contributed by atoms with Gasteiger partial charge >= 0.3 is 0 Å². The van der Waals surface area contributed by atoms with E-state index in [4.69, 9.17) is 0 Å². The van der Waals surface area contributed by atoms with Crippen LogP contribution in [0.15, 0.2) is 46.0 Å². The number of likely N-dealkylation sites (N-methyl/N-ethyl adjacent to an activating group) is 1. The number of allylic oxidation sites excluding steroid dienone is 1. The van der Waals surface area contributed by atoms with Crippen LogP contribution in [0.4, 0.5) is 0 Å². The highest BCUT2D eigenvalue weighted by Gasteiger charge is 2.42. The number of aromatic nitrogens is 2. The average molecular weight is 393 g/mol. The summed E-state index contributed by atoms with van der Waals surface area (Å²) in [7, 11) is 0. The van der Waals surface area contributed by atoms with Gasteiger partial charge in [-0.05, 0) is 56.3 Å². The normalized spacial score (nSPS) is 28.0. The summed E-state index contributed by atoms with van der Waals surface area (Å²) < 4.78 is 0. The molecule has 0 aromatic carbocycles. The molecule has 0 amide bonds. The van der Waals surface area contributed by atoms with Crippen molar-refractivity contribution in [3.63, 3.8) is 0 Å². The molecule has 3 heterocycles. The number of fused-ring (bicyclic) bond motifs is 2. The third-order valence-electron chi connectivity index (χ3n) is 6.96. The smallest absolute Gasteiger partial charge is 0.0763 e. The Labute approximate surface area is 173 Å². The lowest BCUT2D eigenvalue weighted by atomic mass is 9.69. The third kappa shape index (κ3) is 3.00. The fourth-order valence-corrected chi connectivity index (χ4v) is 5.19. The van der Waals surface area contributed by atoms with Gasteiger partial charge in [0.15, 0.2) is 0 Å². The lowest BCUT2D eigenvalue weighted by Gasteiger charge is -2.43. The zero-order valence-electron chi connectivity index (χ0n) is 17.7. The number of hydrogen-bond donors (Lipinski definition) is 3. The molecular formula is C23H32N6. The number of nitrogens with zero attached hydrogens (tertiary/aromatic N) is 3. The van der Waals surface area contributed by atoms with Crippen LogP contribution in [0.25, 0.3) is 0 Å². The second-order valence-electron chi connectivity index (χ2n) is 8.70. The minimum Gasteiger partial charge on any atom is -0.373 e. The van der Waals surface area contributed by atoms with Gasteiger partial charge in [-0.15, -0.1) is 0 Å². The summed E-state index contributed by atoms with van der Waals surface area (Å²) >= 11 is 0. The molecule has 1 saturated carbocycles. The Morgan fingerprint density at radius 2 is 2.07 bits per heavy atom. The van der Waals surface area contributed by atoms with Crippen LogP contribution in [0.2, 0.25) is 0 Å². The molecule has 1 aromatic rings. The van der Waals surface area contributed by atoms with Crippen LogP contribution >= 0.6 is 0 Å². The van der Waals surface area contributed by atoms with Gasteiger partial charge in [0.2, 0.25) is 0 Å². The van der Waals surface area contributed by atoms with E-state index in [1.807, 2.05) is 6.20 Å². The van der Waals surface area contributed by atoms with Crippen molar-refractivity contribution in [3.05, 3.63) is 52.1 Å². The zero-order valence-corrected chi connectivity index (χ0v) is 17.7. The summed E-state index contributed by atoms with van der Waals surface area (Å²) in [5.41, 5.74) is 11.4. The van der Waals surface area contributed by atoms with Crippen molar-refractivity contribution >= 4 is 6.21 Å². The van der Waals surface area contributed by atoms with Crippen LogP contribution in [0.5, 0.6) is 0 Å². The monoisotopic (exact) mass is 392 g/mol. The van der Waals surface area contributed by atoms with E-state index in [0.29, 0.717) is 11.8 Å². The summed E-state index contributed by atoms with van der Waals surface area (Å²) in [5.74, 6) is 0.992. The van der Waals surface area contributed by atoms with Gasteiger partial charge in [-0.1, -0.05) is 19.4 Å². The summed E-state index contributed by atoms with van der Waals surface area (Å²) in [5, 5.41) is 15.8. The number of hydrogen-bond acceptors (Lipinski definition) is 5. The van der Waals surface area contributed by atoms with E-state index in [2.05, 4.69) is 70.1 Å². The van der Waals surface area contributed by atoms with Crippen molar-refractivity contribution in [1.29, 1.82) is 0 Å². The van der Waals surface area contributed by atoms with Crippen molar-refractivity contribution in [3.8, 4) is 0 Å². The quantitative estimate of drug-likeness (QED) is 0.693. The van der Waals surface area contributed by atoms with E-state index in [0.717, 1.165) is 25.2 Å². The van der Waals surface area contributed by atoms with E-state index < -0.39 is 0 Å². The number of hydrazone groups is 1. The van der Waals surface area contributed by atoms with Crippen molar-refractivity contribution in [2.75, 3.05) is 13.1 Å². The van der Waals surface area contributed by atoms with Crippen molar-refractivity contribution in [2.45, 2.75) is 58.5 Å². The predicted molar refractivity (Wildman–Crippen MR) is 116 cm³/mol. The van der Waals surface area contributed by atoms with E-state index in [9.17, 15) is 0 Å². The Hall–Kier alpha value is -2.50. The lowest BCUT2D eigenvalue weighted by Crippen LogP contribution is -2.43. The number of aromatic amines is 1. The molecule has 3 unspecified atom stereocenters. The molecule has 2 aliphatic heterocycles. The number of nitrogens with one attached hydrogen (secondary N) is 3. The highest BCUT2D eigenvalue weighted by Crippen LogP contribution is 2.47. The number of dihydropyridines is 1. The van der Waals surface area contributed by atoms with Gasteiger partial charge < -0.3 is 15.6 Å². The zero-order chi connectivity index (χ0) is 20.0. The highest BCUT2D eigenvalue weighted by molar-refractivity contribution is 5.75. The first kappa shape index (κ1) is 18.5. The molecule has 4 aliphatic rings. The third-order valence-corrected chi connectivity index (χ3v) is 6.96. The fourth-order valence-electron chi connectivity index (χ4n) is 5.19. The van der Waals surface area contributed by atoms with Crippen LogP contribution in [0.3, 0.4) is 0 Å². The first-order valence-electron chi connectivity index (χ1n) is 11.2. The van der Waals surface area contributed by atoms with Gasteiger partial charge in [0.25, 0.3) is 0 Å². The molecule has 6 nitrogen and oxygen atoms in total. The molecule has 0 radical (unpaired) electrons. The fraction of sp³-hybridized carbons (Fsp3) is 0.565. The first-order valence-corrected chi connectivity index (χ1v) is 11.2. The number of H-pyrrole nitrogens is 1. The van der Waals surface area contributed by atoms with Crippen LogP contribution in [-0.4, -0.2) is 40.4 Å². The maximum absolute atomic E-state index is 4.46. The van der Waals surface area contributed by atoms with Crippen LogP contribution in [-0.2, 0) is 0 Å². The topological polar surface area (TPSA) is 68.3 Å². The Bertz CT molecular complexity index is 900. The molecule has 3 atom stereocenters. The molecule has 2 aliphatic carbocycles. The molecule has 5 rings (SSSR count). The number of rotatable bonds is 6. The Kier molecular flexibility index (Phi) is 4.72. The SMILES string of the molecule is CCCN(CC)C1=CC2NN=CC2C2=C1NC(c1cn[nH]c1C)C=C2C1CCC1. The molecular weight excluding hydrogens is 360 g/mol. The predicted octanol–water partition coefficient (Wildman–Crippen LogP) is 3.55. The summed E-state index contributed by atoms with van der Waals surface area (Å²) in [6.07, 6.45) is 14.0. The maximum atomic E-state index is 4.46. The van der Waals surface area contributed by atoms with E-state index >= 15 is 0 Å². The molecule has 154 valence electrons. The summed E-state index contributed by atoms with van der Waals surface area (Å²) in [6, 6.07) is 0.418. The standard InChI is InChI=1S/C23H32N6/c1-4-9-29(5-2)21-11-20-18(13-25-28-20)22-16(15-7-6-8-15)10-19(26-23(21)22)17-12-24-27-14(17)3/h10-13,15,18-20,26,28H,4-9H2,1-3H3,(H,24,27). The summed E-state index contributed by atoms with van der Waals surface area (Å²) in [4.78, 5) is 2.52. The van der Waals surface area contributed by atoms with Crippen molar-refractivity contribution < 1.29 is 0 Å². The van der Waals surface area contributed by atoms with Crippen LogP contribution < -0.4 is 10.7 Å². The minimum atomic E-state index is 0.162. The van der Waals surface area contributed by atoms with Gasteiger partial charge in [0.05, 0.1) is 29.7 Å². The molecule has 6 heteroatoms. The van der Waals surface area contributed by atoms with Gasteiger partial charge in [0, 0.05) is 36.5 Å². The van der Waals surface area contributed by atoms with Crippen molar-refractivity contribution in [2.24, 2.45) is 16.9 Å². The van der Waals surface area contributed by atoms with Gasteiger partial charge in [-0.2, -0.15) is 10.2 Å². The van der Waals surface area contributed by atoms with Gasteiger partial charge in [-0.25, -0.2) is 0 Å². The maximum Gasteiger partial charge on any atom is 0.0763 e. The lowest BCUT2D eigenvalue weighted by molar-refractivity contribution is 0.339. The molecule has 1 fully saturated rings. The summed E-state index contributed by atoms with van der Waals surface area (Å²) in [6.45, 7) is 8.70. The Balaban J connectivity index is 1.62. The molecule has 0 bridgehead atoms. The molecule has 0 saturated heterocycles. The molecule has 3 N–H and O–H groups in total. The van der Waals surface area contributed by atoms with Crippen LogP contribution in [0.1, 0.15) is 56.8 Å². The molecule has 0 spiro atoms. The first-order chi connectivity index (χ1) is 14.2. The Morgan fingerprint density at radius 3 is 2.72 bits per heavy atom. The van der Waals surface area contributed by atoms with Gasteiger partial charge in [-0.3, -0.25) is 5.10 Å². The molecule has 29 heavy (non-hydrogen) atoms. The molecule has 1 aromatic heterocycles. The van der Waals surface area contributed by atoms with E-state index in [1.165, 1.54) is 41.8 Å². The number of aryl methyl sites for hydroxylation is 1. The van der Waals surface area contributed by atoms with Crippen molar-refractivity contribution in [1.82, 2.24) is 25.8 Å². The second-order valence-corrected chi connectivity index (χ2v) is 8.70. The largest absolute Gasteiger partial charge is 0.373 e. The Morgan fingerprint density at radius 1 is 1.21 bits per heavy atom. The van der Waals surface area contributed by atoms with Crippen LogP contribution in [0, 0.1) is 18.8 Å². The minimum absolute atomic E-state index is 0.162. The second kappa shape index (κ2) is 7.39. The van der Waals surface area contributed by atoms with Gasteiger partial charge in [0.1, 0.15) is 0 Å². The van der Waals surface area contributed by atoms with E-state index in [-0.39, 0.29) is 12.1 Å². The highest BCUT2D eigenvalue weighted by atomic mass is 15.3.